The van der Waals surface area contributed by atoms with E-state index in [0.29, 0.717) is 26.2 Å². The summed E-state index contributed by atoms with van der Waals surface area (Å²) in [5, 5.41) is 13.8. The molecule has 7 nitrogen and oxygen atoms in total. The molecule has 0 saturated carbocycles. The zero-order valence-corrected chi connectivity index (χ0v) is 16.0. The Bertz CT molecular complexity index is 812. The average Bonchev–Trinajstić information content (AvgIpc) is 2.85. The first kappa shape index (κ1) is 19.1. The largest absolute Gasteiger partial charge is 0.492 e. The molecule has 1 unspecified atom stereocenters. The molecule has 0 fully saturated rings. The molecule has 144 valence electrons. The zero-order valence-electron chi connectivity index (χ0n) is 16.0. The van der Waals surface area contributed by atoms with Crippen molar-refractivity contribution >= 4 is 11.6 Å². The van der Waals surface area contributed by atoms with Crippen molar-refractivity contribution in [3.8, 4) is 5.75 Å². The van der Waals surface area contributed by atoms with Crippen LogP contribution in [-0.2, 0) is 17.9 Å². The first-order valence-electron chi connectivity index (χ1n) is 8.99. The summed E-state index contributed by atoms with van der Waals surface area (Å²) in [6.45, 7) is 5.68. The lowest BCUT2D eigenvalue weighted by molar-refractivity contribution is -0.128. The third-order valence-corrected chi connectivity index (χ3v) is 4.76. The van der Waals surface area contributed by atoms with E-state index in [9.17, 15) is 9.90 Å². The number of rotatable bonds is 5. The molecule has 0 aliphatic carbocycles. The quantitative estimate of drug-likeness (QED) is 0.784. The first-order chi connectivity index (χ1) is 12.9. The normalized spacial score (nSPS) is 15.3. The second kappa shape index (κ2) is 8.37. The Hall–Kier alpha value is -2.64. The lowest BCUT2D eigenvalue weighted by atomic mass is 10.1. The minimum atomic E-state index is -0.856. The highest BCUT2D eigenvalue weighted by molar-refractivity contribution is 5.72. The van der Waals surface area contributed by atoms with Gasteiger partial charge in [0.15, 0.2) is 6.35 Å². The Morgan fingerprint density at radius 1 is 1.44 bits per heavy atom. The summed E-state index contributed by atoms with van der Waals surface area (Å²) < 4.78 is 5.84. The van der Waals surface area contributed by atoms with E-state index < -0.39 is 6.35 Å². The summed E-state index contributed by atoms with van der Waals surface area (Å²) in [5.41, 5.74) is 3.84. The minimum Gasteiger partial charge on any atom is -0.492 e. The average molecular weight is 370 g/mol. The summed E-state index contributed by atoms with van der Waals surface area (Å²) in [7, 11) is 1.78. The molecule has 1 aromatic heterocycles. The van der Waals surface area contributed by atoms with Gasteiger partial charge in [-0.3, -0.25) is 14.7 Å². The number of pyridine rings is 1. The molecule has 2 heterocycles. The number of ether oxygens (including phenoxy) is 1. The molecule has 7 heteroatoms. The van der Waals surface area contributed by atoms with Gasteiger partial charge in [-0.15, -0.1) is 0 Å². The fourth-order valence-electron chi connectivity index (χ4n) is 3.01. The van der Waals surface area contributed by atoms with Crippen LogP contribution >= 0.6 is 0 Å². The van der Waals surface area contributed by atoms with Gasteiger partial charge in [0.05, 0.1) is 11.9 Å². The summed E-state index contributed by atoms with van der Waals surface area (Å²) >= 11 is 0. The highest BCUT2D eigenvalue weighted by Gasteiger charge is 2.22. The van der Waals surface area contributed by atoms with Crippen LogP contribution in [0.2, 0.25) is 0 Å². The van der Waals surface area contributed by atoms with E-state index in [1.807, 2.05) is 36.1 Å². The first-order valence-corrected chi connectivity index (χ1v) is 8.99. The molecular formula is C20H26N4O3. The molecule has 0 saturated heterocycles. The topological polar surface area (TPSA) is 77.9 Å². The number of aryl methyl sites for hydroxylation is 1. The second-order valence-corrected chi connectivity index (χ2v) is 6.84. The van der Waals surface area contributed by atoms with Crippen LogP contribution in [0.15, 0.2) is 36.7 Å². The fraction of sp³-hybridized carbons (Fsp3) is 0.400. The number of aliphatic hydroxyl groups is 1. The van der Waals surface area contributed by atoms with E-state index in [1.54, 1.807) is 31.3 Å². The standard InChI is InChI=1S/C20H26N4O3/c1-14-6-7-21-11-18(14)22-20(26)24-8-9-27-19-5-4-16(10-17(19)13-24)12-23(3)15(2)25/h4-7,10-11,20,22,26H,8-9,12-13H2,1-3H3. The maximum atomic E-state index is 11.5. The third kappa shape index (κ3) is 4.75. The molecule has 3 rings (SSSR count). The van der Waals surface area contributed by atoms with Gasteiger partial charge in [-0.25, -0.2) is 0 Å². The minimum absolute atomic E-state index is 0.0225. The number of hydrogen-bond acceptors (Lipinski definition) is 6. The van der Waals surface area contributed by atoms with Crippen LogP contribution in [0.4, 0.5) is 5.69 Å². The van der Waals surface area contributed by atoms with Gasteiger partial charge in [-0.05, 0) is 36.2 Å². The van der Waals surface area contributed by atoms with Gasteiger partial charge in [-0.2, -0.15) is 0 Å². The number of benzene rings is 1. The highest BCUT2D eigenvalue weighted by atomic mass is 16.5. The number of aliphatic hydroxyl groups excluding tert-OH is 1. The number of fused-ring (bicyclic) bond motifs is 1. The van der Waals surface area contributed by atoms with Crippen molar-refractivity contribution in [1.82, 2.24) is 14.8 Å². The number of carbonyl (C=O) groups is 1. The van der Waals surface area contributed by atoms with Gasteiger partial charge in [0.25, 0.3) is 0 Å². The second-order valence-electron chi connectivity index (χ2n) is 6.84. The Morgan fingerprint density at radius 3 is 3.00 bits per heavy atom. The van der Waals surface area contributed by atoms with Crippen LogP contribution in [0.5, 0.6) is 5.75 Å². The molecule has 1 aliphatic rings. The van der Waals surface area contributed by atoms with Gasteiger partial charge >= 0.3 is 0 Å². The van der Waals surface area contributed by atoms with Gasteiger partial charge < -0.3 is 20.1 Å². The van der Waals surface area contributed by atoms with Crippen LogP contribution in [0.1, 0.15) is 23.6 Å². The molecule has 1 amide bonds. The molecule has 0 radical (unpaired) electrons. The highest BCUT2D eigenvalue weighted by Crippen LogP contribution is 2.26. The van der Waals surface area contributed by atoms with Crippen molar-refractivity contribution in [3.63, 3.8) is 0 Å². The molecule has 2 N–H and O–H groups in total. The van der Waals surface area contributed by atoms with Crippen LogP contribution in [0.25, 0.3) is 0 Å². The lowest BCUT2D eigenvalue weighted by Gasteiger charge is -2.27. The number of aromatic nitrogens is 1. The number of amides is 1. The Balaban J connectivity index is 1.74. The summed E-state index contributed by atoms with van der Waals surface area (Å²) in [4.78, 5) is 19.2. The smallest absolute Gasteiger partial charge is 0.219 e. The van der Waals surface area contributed by atoms with Crippen LogP contribution in [0, 0.1) is 6.92 Å². The van der Waals surface area contributed by atoms with Crippen LogP contribution in [0.3, 0.4) is 0 Å². The number of hydrogen-bond donors (Lipinski definition) is 2. The summed E-state index contributed by atoms with van der Waals surface area (Å²) in [5.74, 6) is 0.839. The number of nitrogens with zero attached hydrogens (tertiary/aromatic N) is 3. The van der Waals surface area contributed by atoms with Gasteiger partial charge in [0.2, 0.25) is 5.91 Å². The number of nitrogens with one attached hydrogen (secondary N) is 1. The van der Waals surface area contributed by atoms with E-state index in [4.69, 9.17) is 4.74 Å². The Labute approximate surface area is 159 Å². The monoisotopic (exact) mass is 370 g/mol. The maximum absolute atomic E-state index is 11.5. The lowest BCUT2D eigenvalue weighted by Crippen LogP contribution is -2.41. The number of carbonyl (C=O) groups excluding carboxylic acids is 1. The van der Waals surface area contributed by atoms with Crippen molar-refractivity contribution in [2.45, 2.75) is 33.3 Å². The zero-order chi connectivity index (χ0) is 19.4. The maximum Gasteiger partial charge on any atom is 0.219 e. The SMILES string of the molecule is CC(=O)N(C)Cc1ccc2c(c1)CN(C(O)Nc1cnccc1C)CCO2. The van der Waals surface area contributed by atoms with Crippen LogP contribution < -0.4 is 10.1 Å². The number of anilines is 1. The van der Waals surface area contributed by atoms with E-state index in [2.05, 4.69) is 10.3 Å². The predicted octanol–water partition coefficient (Wildman–Crippen LogP) is 1.95. The van der Waals surface area contributed by atoms with E-state index in [-0.39, 0.29) is 5.91 Å². The Morgan fingerprint density at radius 2 is 2.26 bits per heavy atom. The van der Waals surface area contributed by atoms with Gasteiger partial charge in [0.1, 0.15) is 12.4 Å². The summed E-state index contributed by atoms with van der Waals surface area (Å²) in [6.07, 6.45) is 2.57. The van der Waals surface area contributed by atoms with Crippen molar-refractivity contribution < 1.29 is 14.6 Å². The van der Waals surface area contributed by atoms with E-state index in [0.717, 1.165) is 28.1 Å². The predicted molar refractivity (Wildman–Crippen MR) is 103 cm³/mol. The van der Waals surface area contributed by atoms with Gasteiger partial charge in [-0.1, -0.05) is 6.07 Å². The molecular weight excluding hydrogens is 344 g/mol. The van der Waals surface area contributed by atoms with Crippen molar-refractivity contribution in [1.29, 1.82) is 0 Å². The van der Waals surface area contributed by atoms with Crippen molar-refractivity contribution in [2.24, 2.45) is 0 Å². The molecule has 2 aromatic rings. The molecule has 1 aliphatic heterocycles. The van der Waals surface area contributed by atoms with Gasteiger partial charge in [0, 0.05) is 45.4 Å². The van der Waals surface area contributed by atoms with Crippen molar-refractivity contribution in [2.75, 3.05) is 25.5 Å². The third-order valence-electron chi connectivity index (χ3n) is 4.76. The fourth-order valence-corrected chi connectivity index (χ4v) is 3.01. The summed E-state index contributed by atoms with van der Waals surface area (Å²) in [6, 6.07) is 7.84. The molecule has 27 heavy (non-hydrogen) atoms. The Kier molecular flexibility index (Phi) is 5.93. The van der Waals surface area contributed by atoms with Crippen LogP contribution in [-0.4, -0.2) is 52.3 Å². The molecule has 1 atom stereocenters. The van der Waals surface area contributed by atoms with E-state index in [1.165, 1.54) is 0 Å². The molecule has 0 spiro atoms. The van der Waals surface area contributed by atoms with E-state index >= 15 is 0 Å². The van der Waals surface area contributed by atoms with Crippen molar-refractivity contribution in [3.05, 3.63) is 53.3 Å². The molecule has 1 aromatic carbocycles. The molecule has 0 bridgehead atoms.